The van der Waals surface area contributed by atoms with Gasteiger partial charge < -0.3 is 9.47 Å². The van der Waals surface area contributed by atoms with Gasteiger partial charge in [-0.25, -0.2) is 0 Å². The Bertz CT molecular complexity index is 901. The van der Waals surface area contributed by atoms with Gasteiger partial charge in [-0.1, -0.05) is 35.0 Å². The van der Waals surface area contributed by atoms with Crippen LogP contribution < -0.4 is 9.47 Å². The first kappa shape index (κ1) is 16.7. The van der Waals surface area contributed by atoms with Gasteiger partial charge in [0.25, 0.3) is 5.69 Å². The lowest BCUT2D eigenvalue weighted by molar-refractivity contribution is -0.477. The third-order valence-electron chi connectivity index (χ3n) is 3.87. The fraction of sp³-hybridized carbons (Fsp3) is 0.211. The monoisotopic (exact) mass is 337 g/mol. The third kappa shape index (κ3) is 3.24. The summed E-state index contributed by atoms with van der Waals surface area (Å²) in [7, 11) is 5.14. The van der Waals surface area contributed by atoms with E-state index in [2.05, 4.69) is 5.10 Å². The summed E-state index contributed by atoms with van der Waals surface area (Å²) in [4.78, 5) is 0. The normalized spacial score (nSPS) is 11.4. The zero-order valence-corrected chi connectivity index (χ0v) is 14.8. The van der Waals surface area contributed by atoms with Gasteiger partial charge in [0.2, 0.25) is 11.6 Å². The quantitative estimate of drug-likeness (QED) is 0.516. The lowest BCUT2D eigenvalue weighted by Gasteiger charge is -2.05. The van der Waals surface area contributed by atoms with Crippen molar-refractivity contribution in [2.75, 3.05) is 21.3 Å². The molecule has 128 valence electrons. The first-order valence-corrected chi connectivity index (χ1v) is 7.93. The molecule has 6 heteroatoms. The summed E-state index contributed by atoms with van der Waals surface area (Å²) in [6.45, 7) is 1.91. The predicted octanol–water partition coefficient (Wildman–Crippen LogP) is 4.26. The molecule has 1 heterocycles. The van der Waals surface area contributed by atoms with E-state index < -0.39 is 0 Å². The average Bonchev–Trinajstić information content (AvgIpc) is 2.98. The van der Waals surface area contributed by atoms with Gasteiger partial charge in [0, 0.05) is 11.2 Å². The van der Waals surface area contributed by atoms with Crippen molar-refractivity contribution >= 4 is 11.4 Å². The molecule has 0 aliphatic heterocycles. The second-order valence-electron chi connectivity index (χ2n) is 5.49. The van der Waals surface area contributed by atoms with E-state index in [0.29, 0.717) is 11.6 Å². The molecule has 2 aromatic carbocycles. The molecule has 0 atom stereocenters. The van der Waals surface area contributed by atoms with Crippen LogP contribution in [0.5, 0.6) is 11.6 Å². The van der Waals surface area contributed by atoms with Crippen molar-refractivity contribution in [2.45, 2.75) is 6.92 Å². The molecule has 0 radical (unpaired) electrons. The van der Waals surface area contributed by atoms with E-state index in [9.17, 15) is 0 Å². The van der Waals surface area contributed by atoms with Crippen LogP contribution in [0.2, 0.25) is 0 Å². The zero-order valence-electron chi connectivity index (χ0n) is 14.8. The van der Waals surface area contributed by atoms with Crippen LogP contribution >= 0.6 is 0 Å². The van der Waals surface area contributed by atoms with E-state index in [1.807, 2.05) is 68.6 Å². The molecule has 0 fully saturated rings. The van der Waals surface area contributed by atoms with Crippen molar-refractivity contribution in [3.05, 3.63) is 60.3 Å². The summed E-state index contributed by atoms with van der Waals surface area (Å²) in [6.07, 6.45) is 0. The molecule has 1 aromatic heterocycles. The topological polar surface area (TPSA) is 51.7 Å². The Labute approximate surface area is 146 Å². The summed E-state index contributed by atoms with van der Waals surface area (Å²) in [5.74, 6) is 1.34. The number of methoxy groups -OCH3 is 2. The maximum atomic E-state index is 5.59. The highest BCUT2D eigenvalue weighted by Crippen LogP contribution is 2.35. The van der Waals surface area contributed by atoms with Gasteiger partial charge in [-0.15, -0.1) is 0 Å². The molecule has 0 amide bonds. The van der Waals surface area contributed by atoms with Crippen LogP contribution in [0.1, 0.15) is 5.69 Å². The highest BCUT2D eigenvalue weighted by molar-refractivity contribution is 5.55. The van der Waals surface area contributed by atoms with Gasteiger partial charge >= 0.3 is 0 Å². The molecule has 0 unspecified atom stereocenters. The summed E-state index contributed by atoms with van der Waals surface area (Å²) in [6, 6.07) is 17.6. The van der Waals surface area contributed by atoms with Crippen LogP contribution in [0.3, 0.4) is 0 Å². The van der Waals surface area contributed by atoms with Crippen LogP contribution in [0, 0.1) is 6.92 Å². The lowest BCUT2D eigenvalue weighted by atomic mass is 10.3. The van der Waals surface area contributed by atoms with Gasteiger partial charge in [0.1, 0.15) is 0 Å². The number of aryl methyl sites for hydroxylation is 1. The number of rotatable bonds is 5. The Balaban J connectivity index is 2.10. The second-order valence-corrected chi connectivity index (χ2v) is 5.49. The number of aromatic nitrogens is 2. The first-order chi connectivity index (χ1) is 12.2. The summed E-state index contributed by atoms with van der Waals surface area (Å²) in [5, 5.41) is 9.28. The molecular formula is C19H21N4O2+. The molecule has 6 nitrogen and oxygen atoms in total. The second kappa shape index (κ2) is 7.17. The van der Waals surface area contributed by atoms with Crippen molar-refractivity contribution in [3.63, 3.8) is 0 Å². The SMILES string of the molecule is COc1ccccc1[N+](C)=Nc1c(C)nn(-c2ccccc2)c1OC. The maximum Gasteiger partial charge on any atom is 0.273 e. The van der Waals surface area contributed by atoms with Gasteiger partial charge in [-0.05, 0) is 25.1 Å². The minimum absolute atomic E-state index is 0.588. The molecule has 3 aromatic rings. The number of ether oxygens (including phenoxy) is 2. The van der Waals surface area contributed by atoms with E-state index in [1.54, 1.807) is 23.6 Å². The standard InChI is InChI=1S/C19H21N4O2/c1-14-18(21-22(2)16-12-8-9-13-17(16)24-3)19(25-4)23(20-14)15-10-6-5-7-11-15/h5-13H,1-4H3/q+1. The molecule has 0 saturated heterocycles. The fourth-order valence-corrected chi connectivity index (χ4v) is 2.64. The van der Waals surface area contributed by atoms with E-state index in [4.69, 9.17) is 14.6 Å². The minimum Gasteiger partial charge on any atom is -0.490 e. The molecule has 0 N–H and O–H groups in total. The molecule has 0 bridgehead atoms. The van der Waals surface area contributed by atoms with Crippen LogP contribution in [0.25, 0.3) is 5.69 Å². The number of azo groups is 2. The zero-order chi connectivity index (χ0) is 17.8. The van der Waals surface area contributed by atoms with Crippen molar-refractivity contribution in [1.29, 1.82) is 0 Å². The number of hydrogen-bond acceptors (Lipinski definition) is 4. The number of hydrogen-bond donors (Lipinski definition) is 0. The Hall–Kier alpha value is -3.15. The average molecular weight is 337 g/mol. The highest BCUT2D eigenvalue weighted by Gasteiger charge is 2.22. The lowest BCUT2D eigenvalue weighted by Crippen LogP contribution is -2.00. The van der Waals surface area contributed by atoms with Crippen molar-refractivity contribution in [1.82, 2.24) is 9.78 Å². The molecule has 0 aliphatic rings. The smallest absolute Gasteiger partial charge is 0.273 e. The van der Waals surface area contributed by atoms with Crippen LogP contribution in [0.15, 0.2) is 59.7 Å². The van der Waals surface area contributed by atoms with Gasteiger partial charge in [-0.3, -0.25) is 0 Å². The van der Waals surface area contributed by atoms with Crippen LogP contribution in [-0.2, 0) is 0 Å². The van der Waals surface area contributed by atoms with Crippen molar-refractivity contribution in [3.8, 4) is 17.3 Å². The fourth-order valence-electron chi connectivity index (χ4n) is 2.64. The number of benzene rings is 2. The van der Waals surface area contributed by atoms with Crippen molar-refractivity contribution in [2.24, 2.45) is 5.11 Å². The van der Waals surface area contributed by atoms with Gasteiger partial charge in [0.05, 0.1) is 25.6 Å². The molecule has 0 aliphatic carbocycles. The molecule has 25 heavy (non-hydrogen) atoms. The molecule has 0 spiro atoms. The largest absolute Gasteiger partial charge is 0.490 e. The highest BCUT2D eigenvalue weighted by atomic mass is 16.5. The Kier molecular flexibility index (Phi) is 4.79. The Morgan fingerprint density at radius 1 is 0.960 bits per heavy atom. The summed E-state index contributed by atoms with van der Waals surface area (Å²) < 4.78 is 14.5. The predicted molar refractivity (Wildman–Crippen MR) is 95.8 cm³/mol. The van der Waals surface area contributed by atoms with Gasteiger partial charge in [0.15, 0.2) is 12.8 Å². The van der Waals surface area contributed by atoms with E-state index in [1.165, 1.54) is 0 Å². The van der Waals surface area contributed by atoms with Gasteiger partial charge in [-0.2, -0.15) is 9.78 Å². The number of para-hydroxylation sites is 3. The number of nitrogens with zero attached hydrogens (tertiary/aromatic N) is 4. The van der Waals surface area contributed by atoms with Crippen LogP contribution in [-0.4, -0.2) is 35.7 Å². The molecular weight excluding hydrogens is 316 g/mol. The third-order valence-corrected chi connectivity index (χ3v) is 3.87. The molecule has 3 rings (SSSR count). The van der Waals surface area contributed by atoms with E-state index >= 15 is 0 Å². The van der Waals surface area contributed by atoms with E-state index in [0.717, 1.165) is 22.8 Å². The maximum absolute atomic E-state index is 5.59. The van der Waals surface area contributed by atoms with Crippen LogP contribution in [0.4, 0.5) is 11.4 Å². The first-order valence-electron chi connectivity index (χ1n) is 7.93. The summed E-state index contributed by atoms with van der Waals surface area (Å²) >= 11 is 0. The Morgan fingerprint density at radius 2 is 1.64 bits per heavy atom. The van der Waals surface area contributed by atoms with E-state index in [-0.39, 0.29) is 0 Å². The minimum atomic E-state index is 0.588. The summed E-state index contributed by atoms with van der Waals surface area (Å²) in [5.41, 5.74) is 3.24. The molecule has 0 saturated carbocycles. The van der Waals surface area contributed by atoms with Crippen molar-refractivity contribution < 1.29 is 14.2 Å². The Morgan fingerprint density at radius 3 is 2.32 bits per heavy atom.